The predicted octanol–water partition coefficient (Wildman–Crippen LogP) is 3.62. The predicted molar refractivity (Wildman–Crippen MR) is 94.1 cm³/mol. The molecule has 126 valence electrons. The molecule has 0 bridgehead atoms. The van der Waals surface area contributed by atoms with E-state index in [1.54, 1.807) is 11.3 Å². The Morgan fingerprint density at radius 3 is 2.68 bits per heavy atom. The zero-order valence-corrected chi connectivity index (χ0v) is 14.6. The van der Waals surface area contributed by atoms with E-state index in [0.29, 0.717) is 23.5 Å². The van der Waals surface area contributed by atoms with Gasteiger partial charge in [0.1, 0.15) is 6.54 Å². The summed E-state index contributed by atoms with van der Waals surface area (Å²) in [5, 5.41) is 18.5. The highest BCUT2D eigenvalue weighted by Gasteiger charge is 2.12. The average Bonchev–Trinajstić information content (AvgIpc) is 3.37. The van der Waals surface area contributed by atoms with Crippen molar-refractivity contribution in [2.45, 2.75) is 26.3 Å². The van der Waals surface area contributed by atoms with Crippen LogP contribution >= 0.6 is 11.3 Å². The maximum Gasteiger partial charge on any atom is 0.250 e. The second-order valence-electron chi connectivity index (χ2n) is 5.91. The van der Waals surface area contributed by atoms with Crippen LogP contribution in [-0.4, -0.2) is 30.3 Å². The molecule has 7 nitrogen and oxygen atoms in total. The molecule has 3 aromatic heterocycles. The molecule has 0 N–H and O–H groups in total. The number of tetrazole rings is 1. The molecule has 0 saturated carbocycles. The fraction of sp³-hybridized carbons (Fsp3) is 0.235. The van der Waals surface area contributed by atoms with Gasteiger partial charge >= 0.3 is 0 Å². The Bertz CT molecular complexity index is 955. The van der Waals surface area contributed by atoms with Crippen LogP contribution in [0.3, 0.4) is 0 Å². The first-order valence-electron chi connectivity index (χ1n) is 7.93. The van der Waals surface area contributed by atoms with Crippen LogP contribution in [0.1, 0.15) is 31.2 Å². The van der Waals surface area contributed by atoms with Gasteiger partial charge in [-0.2, -0.15) is 9.78 Å². The molecule has 0 radical (unpaired) electrons. The Morgan fingerprint density at radius 2 is 1.96 bits per heavy atom. The van der Waals surface area contributed by atoms with Crippen molar-refractivity contribution in [3.63, 3.8) is 0 Å². The summed E-state index contributed by atoms with van der Waals surface area (Å²) in [6.45, 7) is 4.62. The molecule has 0 saturated heterocycles. The van der Waals surface area contributed by atoms with E-state index in [2.05, 4.69) is 51.5 Å². The second-order valence-corrected chi connectivity index (χ2v) is 6.86. The van der Waals surface area contributed by atoms with E-state index in [4.69, 9.17) is 4.52 Å². The molecule has 4 rings (SSSR count). The van der Waals surface area contributed by atoms with Gasteiger partial charge in [0.2, 0.25) is 11.6 Å². The first kappa shape index (κ1) is 15.6. The summed E-state index contributed by atoms with van der Waals surface area (Å²) in [5.74, 6) is 2.10. The first-order chi connectivity index (χ1) is 12.2. The molecule has 0 amide bonds. The van der Waals surface area contributed by atoms with Crippen LogP contribution in [0.2, 0.25) is 0 Å². The Hall–Kier alpha value is -2.87. The van der Waals surface area contributed by atoms with Crippen molar-refractivity contribution in [1.82, 2.24) is 30.3 Å². The minimum absolute atomic E-state index is 0.287. The van der Waals surface area contributed by atoms with Crippen LogP contribution in [0, 0.1) is 0 Å². The normalized spacial score (nSPS) is 11.3. The summed E-state index contributed by atoms with van der Waals surface area (Å²) < 4.78 is 5.27. The summed E-state index contributed by atoms with van der Waals surface area (Å²) in [4.78, 5) is 6.79. The van der Waals surface area contributed by atoms with Crippen LogP contribution in [0.4, 0.5) is 0 Å². The topological polar surface area (TPSA) is 82.5 Å². The van der Waals surface area contributed by atoms with Crippen molar-refractivity contribution in [2.24, 2.45) is 0 Å². The fourth-order valence-electron chi connectivity index (χ4n) is 2.39. The van der Waals surface area contributed by atoms with E-state index in [0.717, 1.165) is 10.4 Å². The molecule has 0 fully saturated rings. The van der Waals surface area contributed by atoms with Gasteiger partial charge in [0.25, 0.3) is 5.89 Å². The SMILES string of the molecule is CC(C)c1ccc(-c2nnn(Cc3nc(-c4cccs4)no3)n2)cc1. The Morgan fingerprint density at radius 1 is 1.12 bits per heavy atom. The molecule has 0 aliphatic carbocycles. The Balaban J connectivity index is 1.50. The van der Waals surface area contributed by atoms with Gasteiger partial charge in [-0.1, -0.05) is 49.3 Å². The third-order valence-corrected chi connectivity index (χ3v) is 4.64. The van der Waals surface area contributed by atoms with Crippen molar-refractivity contribution in [3.05, 3.63) is 53.2 Å². The Kier molecular flexibility index (Phi) is 4.10. The standard InChI is InChI=1S/C17H16N6OS/c1-11(2)12-5-7-13(8-6-12)16-19-22-23(20-16)10-15-18-17(21-24-15)14-4-3-9-25-14/h3-9,11H,10H2,1-2H3. The van der Waals surface area contributed by atoms with Crippen molar-refractivity contribution >= 4 is 11.3 Å². The van der Waals surface area contributed by atoms with Crippen LogP contribution in [-0.2, 0) is 6.54 Å². The molecular weight excluding hydrogens is 336 g/mol. The molecule has 0 atom stereocenters. The van der Waals surface area contributed by atoms with Crippen LogP contribution in [0.15, 0.2) is 46.3 Å². The number of benzene rings is 1. The summed E-state index contributed by atoms with van der Waals surface area (Å²) in [6.07, 6.45) is 0. The van der Waals surface area contributed by atoms with Gasteiger partial charge in [0.15, 0.2) is 0 Å². The van der Waals surface area contributed by atoms with Gasteiger partial charge in [-0.3, -0.25) is 0 Å². The minimum atomic E-state index is 0.287. The zero-order chi connectivity index (χ0) is 17.2. The molecule has 1 aromatic carbocycles. The lowest BCUT2D eigenvalue weighted by Gasteiger charge is -2.04. The molecule has 8 heteroatoms. The highest BCUT2D eigenvalue weighted by molar-refractivity contribution is 7.13. The molecule has 0 unspecified atom stereocenters. The van der Waals surface area contributed by atoms with Gasteiger partial charge in [0, 0.05) is 5.56 Å². The monoisotopic (exact) mass is 352 g/mol. The lowest BCUT2D eigenvalue weighted by atomic mass is 10.0. The van der Waals surface area contributed by atoms with Gasteiger partial charge in [-0.25, -0.2) is 0 Å². The molecule has 25 heavy (non-hydrogen) atoms. The average molecular weight is 352 g/mol. The molecular formula is C17H16N6OS. The summed E-state index contributed by atoms with van der Waals surface area (Å²) >= 11 is 1.56. The van der Waals surface area contributed by atoms with Gasteiger partial charge in [0.05, 0.1) is 4.88 Å². The fourth-order valence-corrected chi connectivity index (χ4v) is 3.04. The second kappa shape index (κ2) is 6.56. The summed E-state index contributed by atoms with van der Waals surface area (Å²) in [5.41, 5.74) is 2.21. The highest BCUT2D eigenvalue weighted by Crippen LogP contribution is 2.22. The highest BCUT2D eigenvalue weighted by atomic mass is 32.1. The van der Waals surface area contributed by atoms with Gasteiger partial charge in [-0.15, -0.1) is 21.5 Å². The van der Waals surface area contributed by atoms with Gasteiger partial charge < -0.3 is 4.52 Å². The van der Waals surface area contributed by atoms with E-state index in [9.17, 15) is 0 Å². The first-order valence-corrected chi connectivity index (χ1v) is 8.81. The molecule has 3 heterocycles. The Labute approximate surface area is 148 Å². The van der Waals surface area contributed by atoms with Crippen molar-refractivity contribution < 1.29 is 4.52 Å². The third-order valence-electron chi connectivity index (χ3n) is 3.77. The smallest absolute Gasteiger partial charge is 0.250 e. The largest absolute Gasteiger partial charge is 0.337 e. The van der Waals surface area contributed by atoms with E-state index >= 15 is 0 Å². The van der Waals surface area contributed by atoms with Crippen LogP contribution in [0.5, 0.6) is 0 Å². The minimum Gasteiger partial charge on any atom is -0.337 e. The molecule has 0 aliphatic rings. The number of aromatic nitrogens is 6. The lowest BCUT2D eigenvalue weighted by molar-refractivity contribution is 0.356. The molecule has 0 aliphatic heterocycles. The van der Waals surface area contributed by atoms with E-state index in [1.807, 2.05) is 29.6 Å². The maximum absolute atomic E-state index is 5.27. The zero-order valence-electron chi connectivity index (χ0n) is 13.8. The number of thiophene rings is 1. The van der Waals surface area contributed by atoms with E-state index in [1.165, 1.54) is 10.4 Å². The third kappa shape index (κ3) is 3.34. The number of hydrogen-bond donors (Lipinski definition) is 0. The molecule has 0 spiro atoms. The van der Waals surface area contributed by atoms with Crippen LogP contribution < -0.4 is 0 Å². The van der Waals surface area contributed by atoms with E-state index < -0.39 is 0 Å². The number of rotatable bonds is 5. The molecule has 4 aromatic rings. The maximum atomic E-state index is 5.27. The van der Waals surface area contributed by atoms with Crippen molar-refractivity contribution in [3.8, 4) is 22.1 Å². The van der Waals surface area contributed by atoms with E-state index in [-0.39, 0.29) is 6.54 Å². The lowest BCUT2D eigenvalue weighted by Crippen LogP contribution is -2.04. The number of nitrogens with zero attached hydrogens (tertiary/aromatic N) is 6. The number of hydrogen-bond acceptors (Lipinski definition) is 7. The quantitative estimate of drug-likeness (QED) is 0.545. The van der Waals surface area contributed by atoms with Crippen molar-refractivity contribution in [2.75, 3.05) is 0 Å². The summed E-state index contributed by atoms with van der Waals surface area (Å²) in [6, 6.07) is 12.1. The van der Waals surface area contributed by atoms with Crippen molar-refractivity contribution in [1.29, 1.82) is 0 Å². The van der Waals surface area contributed by atoms with Gasteiger partial charge in [-0.05, 0) is 28.1 Å². The summed E-state index contributed by atoms with van der Waals surface area (Å²) in [7, 11) is 0. The van der Waals surface area contributed by atoms with Crippen LogP contribution in [0.25, 0.3) is 22.1 Å².